The number of rotatable bonds is 4. The number of carbonyl (C=O) groups is 1. The van der Waals surface area contributed by atoms with Crippen LogP contribution in [-0.4, -0.2) is 22.3 Å². The molecule has 2 N–H and O–H groups in total. The number of nitrogens with one attached hydrogen (secondary N) is 2. The Morgan fingerprint density at radius 3 is 3.30 bits per heavy atom. The van der Waals surface area contributed by atoms with Gasteiger partial charge in [-0.3, -0.25) is 9.89 Å². The van der Waals surface area contributed by atoms with Crippen molar-refractivity contribution < 1.29 is 9.21 Å². The van der Waals surface area contributed by atoms with Crippen molar-refractivity contribution in [3.05, 3.63) is 47.2 Å². The van der Waals surface area contributed by atoms with Gasteiger partial charge >= 0.3 is 0 Å². The molecule has 6 nitrogen and oxygen atoms in total. The van der Waals surface area contributed by atoms with Crippen molar-refractivity contribution in [1.82, 2.24) is 15.6 Å². The van der Waals surface area contributed by atoms with E-state index in [1.807, 2.05) is 6.07 Å². The van der Waals surface area contributed by atoms with Crippen LogP contribution in [0.4, 0.5) is 0 Å². The first-order chi connectivity index (χ1) is 9.84. The van der Waals surface area contributed by atoms with Crippen LogP contribution in [0.3, 0.4) is 0 Å². The molecule has 102 valence electrons. The average Bonchev–Trinajstić information content (AvgIpc) is 3.15. The zero-order chi connectivity index (χ0) is 13.8. The van der Waals surface area contributed by atoms with E-state index in [2.05, 4.69) is 20.7 Å². The Morgan fingerprint density at radius 1 is 1.50 bits per heavy atom. The highest BCUT2D eigenvalue weighted by Crippen LogP contribution is 2.22. The van der Waals surface area contributed by atoms with Gasteiger partial charge in [-0.2, -0.15) is 10.2 Å². The number of aryl methyl sites for hydroxylation is 1. The molecule has 1 aliphatic rings. The molecule has 0 fully saturated rings. The number of hydrogen-bond acceptors (Lipinski definition) is 4. The van der Waals surface area contributed by atoms with Gasteiger partial charge in [0.2, 0.25) is 0 Å². The molecule has 0 spiro atoms. The second kappa shape index (κ2) is 5.56. The number of allylic oxidation sites excluding steroid dienone is 1. The molecule has 2 aromatic rings. The molecule has 0 aromatic carbocycles. The summed E-state index contributed by atoms with van der Waals surface area (Å²) in [7, 11) is 0. The van der Waals surface area contributed by atoms with Gasteiger partial charge in [-0.15, -0.1) is 0 Å². The van der Waals surface area contributed by atoms with Crippen LogP contribution >= 0.6 is 0 Å². The van der Waals surface area contributed by atoms with Gasteiger partial charge in [0.25, 0.3) is 5.91 Å². The minimum Gasteiger partial charge on any atom is -0.465 e. The lowest BCUT2D eigenvalue weighted by atomic mass is 10.2. The summed E-state index contributed by atoms with van der Waals surface area (Å²) >= 11 is 0. The molecule has 2 aromatic heterocycles. The maximum Gasteiger partial charge on any atom is 0.292 e. The van der Waals surface area contributed by atoms with Crippen molar-refractivity contribution in [2.24, 2.45) is 5.10 Å². The molecular weight excluding hydrogens is 256 g/mol. The molecule has 0 bridgehead atoms. The van der Waals surface area contributed by atoms with Gasteiger partial charge in [0.15, 0.2) is 5.69 Å². The molecule has 0 aliphatic heterocycles. The van der Waals surface area contributed by atoms with Crippen molar-refractivity contribution in [1.29, 1.82) is 0 Å². The van der Waals surface area contributed by atoms with Crippen LogP contribution in [0, 0.1) is 0 Å². The number of furan rings is 1. The number of H-pyrrole nitrogens is 1. The van der Waals surface area contributed by atoms with Crippen LogP contribution in [-0.2, 0) is 12.8 Å². The highest BCUT2D eigenvalue weighted by atomic mass is 16.3. The Hall–Kier alpha value is -2.63. The first-order valence-corrected chi connectivity index (χ1v) is 6.44. The standard InChI is InChI=1S/C14H14N4O2/c19-14(13-11-6-1-7-12(11)16-17-13)18-15-8-2-4-10-5-3-9-20-10/h2-5,8-9H,1,6-7H2,(H,16,17)(H,18,19). The van der Waals surface area contributed by atoms with E-state index in [1.54, 1.807) is 24.5 Å². The van der Waals surface area contributed by atoms with Crippen LogP contribution in [0.5, 0.6) is 0 Å². The maximum atomic E-state index is 11.9. The van der Waals surface area contributed by atoms with Gasteiger partial charge in [0.05, 0.1) is 6.26 Å². The van der Waals surface area contributed by atoms with Gasteiger partial charge in [-0.1, -0.05) is 0 Å². The van der Waals surface area contributed by atoms with Crippen molar-refractivity contribution in [3.8, 4) is 0 Å². The van der Waals surface area contributed by atoms with Gasteiger partial charge < -0.3 is 4.42 Å². The molecule has 6 heteroatoms. The monoisotopic (exact) mass is 270 g/mol. The van der Waals surface area contributed by atoms with E-state index in [-0.39, 0.29) is 5.91 Å². The number of hydrogen-bond donors (Lipinski definition) is 2. The molecule has 1 amide bonds. The van der Waals surface area contributed by atoms with E-state index >= 15 is 0 Å². The van der Waals surface area contributed by atoms with Crippen LogP contribution in [0.15, 0.2) is 34.0 Å². The molecule has 1 aliphatic carbocycles. The number of aromatic amines is 1. The lowest BCUT2D eigenvalue weighted by Gasteiger charge is -1.96. The summed E-state index contributed by atoms with van der Waals surface area (Å²) in [6.07, 6.45) is 9.46. The minimum absolute atomic E-state index is 0.285. The SMILES string of the molecule is O=C(NN=CC=Cc1ccco1)c1n[nH]c2c1CCC2. The Kier molecular flexibility index (Phi) is 3.45. The minimum atomic E-state index is -0.285. The lowest BCUT2D eigenvalue weighted by Crippen LogP contribution is -2.19. The zero-order valence-corrected chi connectivity index (χ0v) is 10.8. The molecule has 3 rings (SSSR count). The van der Waals surface area contributed by atoms with E-state index < -0.39 is 0 Å². The number of carbonyl (C=O) groups excluding carboxylic acids is 1. The smallest absolute Gasteiger partial charge is 0.292 e. The predicted molar refractivity (Wildman–Crippen MR) is 74.3 cm³/mol. The largest absolute Gasteiger partial charge is 0.465 e. The van der Waals surface area contributed by atoms with Crippen LogP contribution in [0.2, 0.25) is 0 Å². The first-order valence-electron chi connectivity index (χ1n) is 6.44. The number of fused-ring (bicyclic) bond motifs is 1. The third-order valence-corrected chi connectivity index (χ3v) is 3.15. The summed E-state index contributed by atoms with van der Waals surface area (Å²) in [5.74, 6) is 0.444. The van der Waals surface area contributed by atoms with E-state index in [0.29, 0.717) is 5.69 Å². The summed E-state index contributed by atoms with van der Waals surface area (Å²) in [5.41, 5.74) is 4.99. The van der Waals surface area contributed by atoms with Crippen LogP contribution < -0.4 is 5.43 Å². The molecular formula is C14H14N4O2. The number of hydrazone groups is 1. The van der Waals surface area contributed by atoms with E-state index in [9.17, 15) is 4.79 Å². The molecule has 2 heterocycles. The lowest BCUT2D eigenvalue weighted by molar-refractivity contribution is 0.0949. The topological polar surface area (TPSA) is 83.3 Å². The van der Waals surface area contributed by atoms with Crippen molar-refractivity contribution in [2.75, 3.05) is 0 Å². The Labute approximate surface area is 115 Å². The number of amides is 1. The molecule has 0 atom stereocenters. The normalized spacial score (nSPS) is 14.2. The van der Waals surface area contributed by atoms with Gasteiger partial charge in [-0.05, 0) is 43.5 Å². The molecule has 20 heavy (non-hydrogen) atoms. The second-order valence-electron chi connectivity index (χ2n) is 4.48. The van der Waals surface area contributed by atoms with Crippen molar-refractivity contribution in [3.63, 3.8) is 0 Å². The van der Waals surface area contributed by atoms with Gasteiger partial charge in [0.1, 0.15) is 5.76 Å². The molecule has 0 saturated carbocycles. The fourth-order valence-corrected chi connectivity index (χ4v) is 2.22. The van der Waals surface area contributed by atoms with Crippen LogP contribution in [0.1, 0.15) is 33.9 Å². The predicted octanol–water partition coefficient (Wildman–Crippen LogP) is 1.92. The average molecular weight is 270 g/mol. The van der Waals surface area contributed by atoms with E-state index in [1.165, 1.54) is 6.21 Å². The Balaban J connectivity index is 1.57. The zero-order valence-electron chi connectivity index (χ0n) is 10.8. The Morgan fingerprint density at radius 2 is 2.45 bits per heavy atom. The highest BCUT2D eigenvalue weighted by molar-refractivity contribution is 5.94. The highest BCUT2D eigenvalue weighted by Gasteiger charge is 2.22. The summed E-state index contributed by atoms with van der Waals surface area (Å²) in [6, 6.07) is 3.63. The Bertz CT molecular complexity index is 653. The third-order valence-electron chi connectivity index (χ3n) is 3.15. The van der Waals surface area contributed by atoms with Crippen molar-refractivity contribution >= 4 is 18.2 Å². The molecule has 0 unspecified atom stereocenters. The second-order valence-corrected chi connectivity index (χ2v) is 4.48. The van der Waals surface area contributed by atoms with E-state index in [4.69, 9.17) is 4.42 Å². The number of aromatic nitrogens is 2. The fourth-order valence-electron chi connectivity index (χ4n) is 2.22. The summed E-state index contributed by atoms with van der Waals surface area (Å²) in [5, 5.41) is 10.8. The summed E-state index contributed by atoms with van der Waals surface area (Å²) in [4.78, 5) is 11.9. The molecule has 0 radical (unpaired) electrons. The summed E-state index contributed by atoms with van der Waals surface area (Å²) < 4.78 is 5.12. The van der Waals surface area contributed by atoms with Crippen LogP contribution in [0.25, 0.3) is 6.08 Å². The van der Waals surface area contributed by atoms with E-state index in [0.717, 1.165) is 36.3 Å². The fraction of sp³-hybridized carbons (Fsp3) is 0.214. The maximum absolute atomic E-state index is 11.9. The molecule has 0 saturated heterocycles. The third kappa shape index (κ3) is 2.54. The first kappa shape index (κ1) is 12.4. The number of nitrogens with zero attached hydrogens (tertiary/aromatic N) is 2. The van der Waals surface area contributed by atoms with Crippen molar-refractivity contribution in [2.45, 2.75) is 19.3 Å². The summed E-state index contributed by atoms with van der Waals surface area (Å²) in [6.45, 7) is 0. The quantitative estimate of drug-likeness (QED) is 0.657. The van der Waals surface area contributed by atoms with Gasteiger partial charge in [0, 0.05) is 17.5 Å². The van der Waals surface area contributed by atoms with Gasteiger partial charge in [-0.25, -0.2) is 5.43 Å².